The number of methoxy groups -OCH3 is 1. The summed E-state index contributed by atoms with van der Waals surface area (Å²) in [6.07, 6.45) is 8.35. The van der Waals surface area contributed by atoms with E-state index in [0.29, 0.717) is 6.04 Å². The molecule has 1 aliphatic heterocycles. The second-order valence-electron chi connectivity index (χ2n) is 6.78. The van der Waals surface area contributed by atoms with Crippen LogP contribution in [0.15, 0.2) is 0 Å². The van der Waals surface area contributed by atoms with Crippen LogP contribution in [0.5, 0.6) is 0 Å². The van der Waals surface area contributed by atoms with Gasteiger partial charge >= 0.3 is 0 Å². The molecule has 1 saturated heterocycles. The number of hydrogen-bond donors (Lipinski definition) is 2. The lowest BCUT2D eigenvalue weighted by atomic mass is 9.88. The van der Waals surface area contributed by atoms with Crippen molar-refractivity contribution in [2.75, 3.05) is 26.8 Å². The monoisotopic (exact) mass is 298 g/mol. The molecule has 0 radical (unpaired) electrons. The van der Waals surface area contributed by atoms with E-state index in [1.54, 1.807) is 0 Å². The van der Waals surface area contributed by atoms with Crippen molar-refractivity contribution in [1.29, 1.82) is 0 Å². The summed E-state index contributed by atoms with van der Waals surface area (Å²) < 4.78 is 4.90. The van der Waals surface area contributed by atoms with Crippen LogP contribution in [0, 0.1) is 0 Å². The Hall–Kier alpha value is -0.650. The zero-order valence-corrected chi connectivity index (χ0v) is 13.4. The van der Waals surface area contributed by atoms with Crippen LogP contribution in [0.25, 0.3) is 0 Å². The number of hydrogen-bond acceptors (Lipinski definition) is 4. The van der Waals surface area contributed by atoms with Crippen LogP contribution in [0.4, 0.5) is 0 Å². The third kappa shape index (κ3) is 4.66. The number of ether oxygens (including phenoxy) is 1. The molecular formula is C16H30N2O3. The minimum atomic E-state index is -1.43. The molecular weight excluding hydrogens is 268 g/mol. The Balaban J connectivity index is 1.74. The summed E-state index contributed by atoms with van der Waals surface area (Å²) in [6.45, 7) is 4.02. The van der Waals surface area contributed by atoms with E-state index in [9.17, 15) is 9.90 Å². The minimum absolute atomic E-state index is 0.0297. The number of aliphatic hydroxyl groups is 1. The van der Waals surface area contributed by atoms with Crippen molar-refractivity contribution in [3.63, 3.8) is 0 Å². The number of amides is 1. The van der Waals surface area contributed by atoms with E-state index in [1.165, 1.54) is 46.4 Å². The molecule has 5 nitrogen and oxygen atoms in total. The lowest BCUT2D eigenvalue weighted by Crippen LogP contribution is -2.52. The Morgan fingerprint density at radius 3 is 2.43 bits per heavy atom. The van der Waals surface area contributed by atoms with E-state index < -0.39 is 5.60 Å². The van der Waals surface area contributed by atoms with Gasteiger partial charge in [0.25, 0.3) is 5.91 Å². The molecule has 1 heterocycles. The van der Waals surface area contributed by atoms with Gasteiger partial charge in [-0.25, -0.2) is 0 Å². The maximum atomic E-state index is 12.1. The summed E-state index contributed by atoms with van der Waals surface area (Å²) in [4.78, 5) is 14.7. The Morgan fingerprint density at radius 1 is 1.24 bits per heavy atom. The molecule has 2 N–H and O–H groups in total. The van der Waals surface area contributed by atoms with Crippen LogP contribution >= 0.6 is 0 Å². The van der Waals surface area contributed by atoms with Crippen molar-refractivity contribution in [1.82, 2.24) is 10.2 Å². The van der Waals surface area contributed by atoms with E-state index >= 15 is 0 Å². The maximum Gasteiger partial charge on any atom is 0.254 e. The van der Waals surface area contributed by atoms with Gasteiger partial charge < -0.3 is 20.1 Å². The van der Waals surface area contributed by atoms with E-state index in [0.717, 1.165) is 25.7 Å². The lowest BCUT2D eigenvalue weighted by Gasteiger charge is -2.39. The van der Waals surface area contributed by atoms with Crippen molar-refractivity contribution in [2.45, 2.75) is 69.6 Å². The molecule has 1 amide bonds. The van der Waals surface area contributed by atoms with Gasteiger partial charge in [-0.15, -0.1) is 0 Å². The van der Waals surface area contributed by atoms with Gasteiger partial charge in [-0.2, -0.15) is 0 Å². The standard InChI is InChI=1S/C16H30N2O3/c1-16(20,12-21-2)15(19)17-13-6-8-14(9-7-13)18-10-4-3-5-11-18/h13-14,20H,3-12H2,1-2H3,(H,17,19). The van der Waals surface area contributed by atoms with Gasteiger partial charge in [0.15, 0.2) is 5.60 Å². The molecule has 1 saturated carbocycles. The Kier molecular flexibility index (Phi) is 6.02. The molecule has 0 bridgehead atoms. The van der Waals surface area contributed by atoms with E-state index in [4.69, 9.17) is 4.74 Å². The normalized spacial score (nSPS) is 30.6. The Morgan fingerprint density at radius 2 is 1.86 bits per heavy atom. The molecule has 0 aromatic rings. The third-order valence-corrected chi connectivity index (χ3v) is 4.85. The van der Waals surface area contributed by atoms with Gasteiger partial charge in [0.05, 0.1) is 6.61 Å². The topological polar surface area (TPSA) is 61.8 Å². The highest BCUT2D eigenvalue weighted by Crippen LogP contribution is 2.26. The van der Waals surface area contributed by atoms with Crippen molar-refractivity contribution in [3.8, 4) is 0 Å². The predicted octanol–water partition coefficient (Wildman–Crippen LogP) is 1.30. The molecule has 0 spiro atoms. The molecule has 2 fully saturated rings. The summed E-state index contributed by atoms with van der Waals surface area (Å²) in [7, 11) is 1.49. The first kappa shape index (κ1) is 16.7. The molecule has 1 atom stereocenters. The van der Waals surface area contributed by atoms with Crippen LogP contribution in [0.2, 0.25) is 0 Å². The second kappa shape index (κ2) is 7.56. The van der Waals surface area contributed by atoms with Crippen LogP contribution in [0.3, 0.4) is 0 Å². The minimum Gasteiger partial charge on any atom is -0.381 e. The second-order valence-corrected chi connectivity index (χ2v) is 6.78. The molecule has 21 heavy (non-hydrogen) atoms. The Labute approximate surface area is 128 Å². The molecule has 5 heteroatoms. The first-order chi connectivity index (χ1) is 10.0. The number of likely N-dealkylation sites (tertiary alicyclic amines) is 1. The summed E-state index contributed by atoms with van der Waals surface area (Å²) in [5.74, 6) is -0.314. The lowest BCUT2D eigenvalue weighted by molar-refractivity contribution is -0.144. The largest absolute Gasteiger partial charge is 0.381 e. The number of carbonyl (C=O) groups is 1. The maximum absolute atomic E-state index is 12.1. The van der Waals surface area contributed by atoms with Gasteiger partial charge in [-0.3, -0.25) is 4.79 Å². The van der Waals surface area contributed by atoms with Gasteiger partial charge in [0.2, 0.25) is 0 Å². The zero-order valence-electron chi connectivity index (χ0n) is 13.4. The number of carbonyl (C=O) groups excluding carboxylic acids is 1. The number of piperidine rings is 1. The Bertz CT molecular complexity index is 332. The molecule has 0 aromatic heterocycles. The summed E-state index contributed by atoms with van der Waals surface area (Å²) >= 11 is 0. The molecule has 2 rings (SSSR count). The SMILES string of the molecule is COCC(C)(O)C(=O)NC1CCC(N2CCCCC2)CC1. The number of nitrogens with zero attached hydrogens (tertiary/aromatic N) is 1. The first-order valence-corrected chi connectivity index (χ1v) is 8.29. The summed E-state index contributed by atoms with van der Waals surface area (Å²) in [6, 6.07) is 0.889. The highest BCUT2D eigenvalue weighted by Gasteiger charge is 2.33. The summed E-state index contributed by atoms with van der Waals surface area (Å²) in [5, 5.41) is 13.0. The number of nitrogens with one attached hydrogen (secondary N) is 1. The molecule has 122 valence electrons. The van der Waals surface area contributed by atoms with Crippen molar-refractivity contribution >= 4 is 5.91 Å². The average Bonchev–Trinajstić information content (AvgIpc) is 2.49. The van der Waals surface area contributed by atoms with Crippen LogP contribution < -0.4 is 5.32 Å². The van der Waals surface area contributed by atoms with Crippen LogP contribution in [0.1, 0.15) is 51.9 Å². The fourth-order valence-corrected chi connectivity index (χ4v) is 3.56. The van der Waals surface area contributed by atoms with Crippen molar-refractivity contribution in [3.05, 3.63) is 0 Å². The van der Waals surface area contributed by atoms with E-state index in [1.807, 2.05) is 0 Å². The molecule has 2 aliphatic rings. The predicted molar refractivity (Wildman–Crippen MR) is 82.1 cm³/mol. The van der Waals surface area contributed by atoms with Crippen LogP contribution in [-0.2, 0) is 9.53 Å². The summed E-state index contributed by atoms with van der Waals surface area (Å²) in [5.41, 5.74) is -1.43. The first-order valence-electron chi connectivity index (χ1n) is 8.29. The zero-order chi connectivity index (χ0) is 15.3. The van der Waals surface area contributed by atoms with Crippen molar-refractivity contribution in [2.24, 2.45) is 0 Å². The average molecular weight is 298 g/mol. The highest BCUT2D eigenvalue weighted by molar-refractivity contribution is 5.84. The van der Waals surface area contributed by atoms with Gasteiger partial charge in [-0.05, 0) is 58.5 Å². The van der Waals surface area contributed by atoms with Gasteiger partial charge in [0.1, 0.15) is 0 Å². The fraction of sp³-hybridized carbons (Fsp3) is 0.938. The van der Waals surface area contributed by atoms with E-state index in [2.05, 4.69) is 10.2 Å². The smallest absolute Gasteiger partial charge is 0.254 e. The quantitative estimate of drug-likeness (QED) is 0.803. The molecule has 1 unspecified atom stereocenters. The van der Waals surface area contributed by atoms with Gasteiger partial charge in [0, 0.05) is 19.2 Å². The highest BCUT2D eigenvalue weighted by atomic mass is 16.5. The number of rotatable bonds is 5. The molecule has 1 aliphatic carbocycles. The fourth-order valence-electron chi connectivity index (χ4n) is 3.56. The van der Waals surface area contributed by atoms with Gasteiger partial charge in [-0.1, -0.05) is 6.42 Å². The van der Waals surface area contributed by atoms with Crippen LogP contribution in [-0.4, -0.2) is 60.4 Å². The molecule has 0 aromatic carbocycles. The van der Waals surface area contributed by atoms with Crippen molar-refractivity contribution < 1.29 is 14.6 Å². The third-order valence-electron chi connectivity index (χ3n) is 4.85. The van der Waals surface area contributed by atoms with E-state index in [-0.39, 0.29) is 18.6 Å².